The molecule has 0 spiro atoms. The van der Waals surface area contributed by atoms with Crippen LogP contribution in [0.5, 0.6) is 0 Å². The maximum Gasteiger partial charge on any atom is 0.232 e. The summed E-state index contributed by atoms with van der Waals surface area (Å²) in [7, 11) is 0. The number of carbonyl (C=O) groups is 1. The number of aliphatic imine (C=N–C) groups is 1. The molecular formula is C23H24ClN5O2. The Morgan fingerprint density at radius 3 is 2.65 bits per heavy atom. The fourth-order valence-corrected chi connectivity index (χ4v) is 4.88. The molecule has 1 atom stereocenters. The molecular weight excluding hydrogens is 414 g/mol. The molecule has 160 valence electrons. The molecule has 1 saturated carbocycles. The number of rotatable bonds is 4. The zero-order valence-electron chi connectivity index (χ0n) is 17.5. The minimum atomic E-state index is -0.875. The van der Waals surface area contributed by atoms with Gasteiger partial charge < -0.3 is 10.8 Å². The molecule has 0 unspecified atom stereocenters. The van der Waals surface area contributed by atoms with Crippen molar-refractivity contribution in [1.82, 2.24) is 9.88 Å². The third kappa shape index (κ3) is 4.01. The van der Waals surface area contributed by atoms with Crippen LogP contribution in [0.3, 0.4) is 0 Å². The Balaban J connectivity index is 1.62. The third-order valence-corrected chi connectivity index (χ3v) is 6.53. The first kappa shape index (κ1) is 21.3. The average molecular weight is 438 g/mol. The van der Waals surface area contributed by atoms with Gasteiger partial charge in [-0.05, 0) is 49.4 Å². The number of aliphatic hydroxyl groups is 1. The van der Waals surface area contributed by atoms with Crippen molar-refractivity contribution in [2.24, 2.45) is 10.7 Å². The molecule has 0 saturated heterocycles. The number of guanidine groups is 1. The van der Waals surface area contributed by atoms with Crippen molar-refractivity contribution in [1.29, 1.82) is 5.26 Å². The van der Waals surface area contributed by atoms with Crippen LogP contribution in [0.25, 0.3) is 0 Å². The van der Waals surface area contributed by atoms with Gasteiger partial charge in [-0.1, -0.05) is 35.9 Å². The Morgan fingerprint density at radius 2 is 2.06 bits per heavy atom. The van der Waals surface area contributed by atoms with E-state index in [1.54, 1.807) is 19.2 Å². The van der Waals surface area contributed by atoms with Gasteiger partial charge in [0.25, 0.3) is 0 Å². The van der Waals surface area contributed by atoms with Crippen molar-refractivity contribution in [2.45, 2.75) is 56.7 Å². The summed E-state index contributed by atoms with van der Waals surface area (Å²) in [5, 5.41) is 19.5. The van der Waals surface area contributed by atoms with Crippen LogP contribution in [0.15, 0.2) is 41.5 Å². The molecule has 1 aromatic heterocycles. The van der Waals surface area contributed by atoms with Crippen molar-refractivity contribution in [3.8, 4) is 6.07 Å². The van der Waals surface area contributed by atoms with E-state index in [2.05, 4.69) is 9.98 Å². The zero-order chi connectivity index (χ0) is 22.4. The van der Waals surface area contributed by atoms with Crippen LogP contribution in [0, 0.1) is 11.3 Å². The summed E-state index contributed by atoms with van der Waals surface area (Å²) < 4.78 is 0. The Morgan fingerprint density at radius 1 is 1.32 bits per heavy atom. The zero-order valence-corrected chi connectivity index (χ0v) is 18.2. The SMILES string of the molecule is CC1(O)CC(N2C(=O)C[C@@](C)(c3cccc(Cc4ccc(C#N)nc4)c3Cl)N=C2N)C1. The summed E-state index contributed by atoms with van der Waals surface area (Å²) in [6.45, 7) is 3.62. The quantitative estimate of drug-likeness (QED) is 0.762. The summed E-state index contributed by atoms with van der Waals surface area (Å²) in [5.74, 6) is 0.0466. The molecule has 0 bridgehead atoms. The van der Waals surface area contributed by atoms with Crippen molar-refractivity contribution in [3.05, 3.63) is 63.9 Å². The maximum atomic E-state index is 13.0. The third-order valence-electron chi connectivity index (χ3n) is 6.08. The van der Waals surface area contributed by atoms with E-state index in [1.165, 1.54) is 4.90 Å². The molecule has 31 heavy (non-hydrogen) atoms. The minimum Gasteiger partial charge on any atom is -0.390 e. The van der Waals surface area contributed by atoms with E-state index in [0.717, 1.165) is 16.7 Å². The Kier molecular flexibility index (Phi) is 5.24. The number of amides is 1. The lowest BCUT2D eigenvalue weighted by molar-refractivity contribution is -0.138. The highest BCUT2D eigenvalue weighted by Gasteiger charge is 2.48. The fraction of sp³-hybridized carbons (Fsp3) is 0.391. The van der Waals surface area contributed by atoms with Crippen molar-refractivity contribution < 1.29 is 9.90 Å². The number of pyridine rings is 1. The average Bonchev–Trinajstić information content (AvgIpc) is 2.68. The molecule has 1 aromatic carbocycles. The molecule has 7 nitrogen and oxygen atoms in total. The second-order valence-corrected chi connectivity index (χ2v) is 9.24. The Labute approximate surface area is 186 Å². The van der Waals surface area contributed by atoms with Gasteiger partial charge in [0.2, 0.25) is 5.91 Å². The lowest BCUT2D eigenvalue weighted by atomic mass is 9.75. The minimum absolute atomic E-state index is 0.117. The van der Waals surface area contributed by atoms with Crippen LogP contribution >= 0.6 is 11.6 Å². The Hall–Kier alpha value is -2.95. The molecule has 2 aromatic rings. The number of hydrogen-bond acceptors (Lipinski definition) is 6. The monoisotopic (exact) mass is 437 g/mol. The van der Waals surface area contributed by atoms with Crippen LogP contribution in [0.4, 0.5) is 0 Å². The van der Waals surface area contributed by atoms with Crippen LogP contribution in [0.2, 0.25) is 5.02 Å². The molecule has 3 N–H and O–H groups in total. The molecule has 1 fully saturated rings. The van der Waals surface area contributed by atoms with Crippen molar-refractivity contribution in [2.75, 3.05) is 0 Å². The first-order chi connectivity index (χ1) is 14.6. The second-order valence-electron chi connectivity index (χ2n) is 8.86. The number of benzene rings is 1. The lowest BCUT2D eigenvalue weighted by Crippen LogP contribution is -2.61. The highest BCUT2D eigenvalue weighted by atomic mass is 35.5. The van der Waals surface area contributed by atoms with Crippen LogP contribution in [-0.4, -0.2) is 38.5 Å². The van der Waals surface area contributed by atoms with Gasteiger partial charge in [0, 0.05) is 23.7 Å². The summed E-state index contributed by atoms with van der Waals surface area (Å²) in [6.07, 6.45) is 3.32. The van der Waals surface area contributed by atoms with E-state index in [1.807, 2.05) is 37.3 Å². The van der Waals surface area contributed by atoms with Crippen molar-refractivity contribution in [3.63, 3.8) is 0 Å². The van der Waals surface area contributed by atoms with Gasteiger partial charge in [-0.2, -0.15) is 5.26 Å². The molecule has 2 aliphatic rings. The molecule has 4 rings (SSSR count). The highest BCUT2D eigenvalue weighted by molar-refractivity contribution is 6.32. The Bertz CT molecular complexity index is 1100. The van der Waals surface area contributed by atoms with Gasteiger partial charge in [0.1, 0.15) is 11.8 Å². The topological polar surface area (TPSA) is 116 Å². The van der Waals surface area contributed by atoms with Gasteiger partial charge in [-0.25, -0.2) is 9.98 Å². The molecule has 1 amide bonds. The normalized spacial score (nSPS) is 28.0. The summed E-state index contributed by atoms with van der Waals surface area (Å²) >= 11 is 6.77. The van der Waals surface area contributed by atoms with Crippen LogP contribution < -0.4 is 5.73 Å². The maximum absolute atomic E-state index is 13.0. The number of aromatic nitrogens is 1. The van der Waals surface area contributed by atoms with Crippen LogP contribution in [-0.2, 0) is 16.8 Å². The van der Waals surface area contributed by atoms with Gasteiger partial charge in [0.05, 0.1) is 17.6 Å². The number of hydrogen-bond donors (Lipinski definition) is 2. The largest absolute Gasteiger partial charge is 0.390 e. The second kappa shape index (κ2) is 7.63. The van der Waals surface area contributed by atoms with E-state index >= 15 is 0 Å². The van der Waals surface area contributed by atoms with E-state index in [0.29, 0.717) is 30.0 Å². The van der Waals surface area contributed by atoms with Gasteiger partial charge >= 0.3 is 0 Å². The first-order valence-electron chi connectivity index (χ1n) is 10.1. The highest BCUT2D eigenvalue weighted by Crippen LogP contribution is 2.42. The number of carbonyl (C=O) groups excluding carboxylic acids is 1. The number of halogens is 1. The van der Waals surface area contributed by atoms with Gasteiger partial charge in [-0.3, -0.25) is 9.69 Å². The lowest BCUT2D eigenvalue weighted by Gasteiger charge is -2.48. The summed E-state index contributed by atoms with van der Waals surface area (Å²) in [6, 6.07) is 11.1. The predicted molar refractivity (Wildman–Crippen MR) is 117 cm³/mol. The van der Waals surface area contributed by atoms with E-state index < -0.39 is 11.1 Å². The van der Waals surface area contributed by atoms with Crippen molar-refractivity contribution >= 4 is 23.5 Å². The summed E-state index contributed by atoms with van der Waals surface area (Å²) in [4.78, 5) is 23.3. The van der Waals surface area contributed by atoms with E-state index in [-0.39, 0.29) is 24.3 Å². The number of nitrogens with zero attached hydrogens (tertiary/aromatic N) is 4. The number of nitriles is 1. The standard InChI is InChI=1S/C23H24ClN5O2/c1-22(31)9-17(10-22)29-19(30)11-23(2,28-21(29)26)18-5-3-4-15(20(18)24)8-14-6-7-16(12-25)27-13-14/h3-7,13,17,31H,8-11H2,1-2H3,(H2,26,28)/t17?,22?,23-/m0/s1. The van der Waals surface area contributed by atoms with Gasteiger partial charge in [-0.15, -0.1) is 0 Å². The molecule has 1 aliphatic heterocycles. The fourth-order valence-electron chi connectivity index (χ4n) is 4.49. The molecule has 8 heteroatoms. The predicted octanol–water partition coefficient (Wildman–Crippen LogP) is 2.87. The van der Waals surface area contributed by atoms with Crippen LogP contribution in [0.1, 0.15) is 55.5 Å². The smallest absolute Gasteiger partial charge is 0.232 e. The first-order valence-corrected chi connectivity index (χ1v) is 10.5. The molecule has 2 heterocycles. The molecule has 0 radical (unpaired) electrons. The van der Waals surface area contributed by atoms with E-state index in [4.69, 9.17) is 22.6 Å². The van der Waals surface area contributed by atoms with Gasteiger partial charge in [0.15, 0.2) is 5.96 Å². The molecule has 1 aliphatic carbocycles. The number of nitrogens with two attached hydrogens (primary N) is 1. The summed E-state index contributed by atoms with van der Waals surface area (Å²) in [5.41, 5.74) is 7.49. The van der Waals surface area contributed by atoms with E-state index in [9.17, 15) is 9.90 Å².